The van der Waals surface area contributed by atoms with E-state index in [-0.39, 0.29) is 5.56 Å². The number of ether oxygens (including phenoxy) is 1. The van der Waals surface area contributed by atoms with E-state index in [1.54, 1.807) is 23.9 Å². The smallest absolute Gasteiger partial charge is 0.335 e. The third kappa shape index (κ3) is 4.16. The molecule has 0 heterocycles. The van der Waals surface area contributed by atoms with Gasteiger partial charge in [0.05, 0.1) is 12.2 Å². The second-order valence-electron chi connectivity index (χ2n) is 4.52. The van der Waals surface area contributed by atoms with Crippen molar-refractivity contribution in [2.24, 2.45) is 0 Å². The van der Waals surface area contributed by atoms with Gasteiger partial charge in [0.25, 0.3) is 0 Å². The van der Waals surface area contributed by atoms with Crippen molar-refractivity contribution >= 4 is 23.4 Å². The molecule has 2 rings (SSSR count). The molecular weight excluding hydrogens is 286 g/mol. The van der Waals surface area contributed by atoms with Crippen LogP contribution >= 0.6 is 11.8 Å². The number of anilines is 1. The Balaban J connectivity index is 1.86. The van der Waals surface area contributed by atoms with Gasteiger partial charge in [-0.25, -0.2) is 4.79 Å². The molecule has 0 spiro atoms. The molecule has 0 aliphatic rings. The van der Waals surface area contributed by atoms with Crippen molar-refractivity contribution in [2.75, 3.05) is 18.1 Å². The molecular formula is C16H17NO3S. The normalized spacial score (nSPS) is 10.3. The molecule has 5 heteroatoms. The quantitative estimate of drug-likeness (QED) is 0.486. The maximum absolute atomic E-state index is 10.9. The van der Waals surface area contributed by atoms with Crippen LogP contribution in [0.25, 0.3) is 0 Å². The zero-order valence-corrected chi connectivity index (χ0v) is 12.5. The molecule has 4 nitrogen and oxygen atoms in total. The lowest BCUT2D eigenvalue weighted by molar-refractivity contribution is 0.0696. The van der Waals surface area contributed by atoms with Gasteiger partial charge in [-0.1, -0.05) is 18.2 Å². The molecule has 0 saturated carbocycles. The lowest BCUT2D eigenvalue weighted by atomic mass is 10.2. The largest absolute Gasteiger partial charge is 0.493 e. The van der Waals surface area contributed by atoms with E-state index >= 15 is 0 Å². The number of rotatable bonds is 6. The van der Waals surface area contributed by atoms with E-state index < -0.39 is 5.97 Å². The van der Waals surface area contributed by atoms with Crippen LogP contribution in [0.5, 0.6) is 5.75 Å². The number of carboxylic acid groups (broad SMARTS) is 1. The lowest BCUT2D eigenvalue weighted by Gasteiger charge is -2.09. The van der Waals surface area contributed by atoms with Gasteiger partial charge in [-0.3, -0.25) is 0 Å². The van der Waals surface area contributed by atoms with Gasteiger partial charge in [0.1, 0.15) is 5.75 Å². The number of nitrogen functional groups attached to an aromatic ring is 1. The van der Waals surface area contributed by atoms with Crippen molar-refractivity contribution in [1.82, 2.24) is 0 Å². The Hall–Kier alpha value is -2.14. The number of hydrogen-bond acceptors (Lipinski definition) is 4. The maximum Gasteiger partial charge on any atom is 0.335 e. The fourth-order valence-electron chi connectivity index (χ4n) is 1.81. The number of aryl methyl sites for hydroxylation is 1. The summed E-state index contributed by atoms with van der Waals surface area (Å²) < 4.78 is 5.56. The first-order valence-electron chi connectivity index (χ1n) is 6.52. The summed E-state index contributed by atoms with van der Waals surface area (Å²) in [5.74, 6) is 0.348. The van der Waals surface area contributed by atoms with Crippen molar-refractivity contribution in [3.05, 3.63) is 53.6 Å². The summed E-state index contributed by atoms with van der Waals surface area (Å²) in [6, 6.07) is 12.4. The Bertz CT molecular complexity index is 643. The van der Waals surface area contributed by atoms with E-state index in [1.807, 2.05) is 25.1 Å². The zero-order valence-electron chi connectivity index (χ0n) is 11.7. The predicted molar refractivity (Wildman–Crippen MR) is 85.2 cm³/mol. The SMILES string of the molecule is Cc1cccc(SCCOc2cccc(C(=O)O)c2)c1N. The first kappa shape index (κ1) is 15.3. The number of hydrogen-bond donors (Lipinski definition) is 2. The first-order chi connectivity index (χ1) is 10.1. The number of nitrogens with two attached hydrogens (primary N) is 1. The van der Waals surface area contributed by atoms with Crippen LogP contribution in [0.3, 0.4) is 0 Å². The minimum Gasteiger partial charge on any atom is -0.493 e. The van der Waals surface area contributed by atoms with Gasteiger partial charge in [-0.15, -0.1) is 11.8 Å². The highest BCUT2D eigenvalue weighted by atomic mass is 32.2. The molecule has 110 valence electrons. The standard InChI is InChI=1S/C16H17NO3S/c1-11-4-2-7-14(15(11)17)21-9-8-20-13-6-3-5-12(10-13)16(18)19/h2-7,10H,8-9,17H2,1H3,(H,18,19). The van der Waals surface area contributed by atoms with Gasteiger partial charge in [0.15, 0.2) is 0 Å². The van der Waals surface area contributed by atoms with Gasteiger partial charge in [-0.2, -0.15) is 0 Å². The van der Waals surface area contributed by atoms with E-state index in [9.17, 15) is 4.79 Å². The highest BCUT2D eigenvalue weighted by Crippen LogP contribution is 2.27. The van der Waals surface area contributed by atoms with E-state index in [4.69, 9.17) is 15.6 Å². The van der Waals surface area contributed by atoms with Crippen molar-refractivity contribution in [1.29, 1.82) is 0 Å². The summed E-state index contributed by atoms with van der Waals surface area (Å²) in [6.07, 6.45) is 0. The van der Waals surface area contributed by atoms with Crippen LogP contribution in [0.2, 0.25) is 0 Å². The number of para-hydroxylation sites is 1. The van der Waals surface area contributed by atoms with Gasteiger partial charge in [0, 0.05) is 16.3 Å². The molecule has 2 aromatic rings. The molecule has 0 saturated heterocycles. The Morgan fingerprint density at radius 3 is 2.81 bits per heavy atom. The number of benzene rings is 2. The molecule has 0 aliphatic carbocycles. The molecule has 0 aliphatic heterocycles. The van der Waals surface area contributed by atoms with Crippen molar-refractivity contribution < 1.29 is 14.6 Å². The van der Waals surface area contributed by atoms with Gasteiger partial charge in [-0.05, 0) is 36.8 Å². The molecule has 2 aromatic carbocycles. The van der Waals surface area contributed by atoms with Gasteiger partial charge >= 0.3 is 5.97 Å². The van der Waals surface area contributed by atoms with Gasteiger partial charge < -0.3 is 15.6 Å². The minimum absolute atomic E-state index is 0.225. The number of carbonyl (C=O) groups is 1. The Morgan fingerprint density at radius 2 is 2.05 bits per heavy atom. The number of carboxylic acids is 1. The van der Waals surface area contributed by atoms with Crippen LogP contribution in [0.1, 0.15) is 15.9 Å². The van der Waals surface area contributed by atoms with Crippen LogP contribution < -0.4 is 10.5 Å². The summed E-state index contributed by atoms with van der Waals surface area (Å²) >= 11 is 1.62. The Kier molecular flexibility index (Phi) is 5.11. The molecule has 0 fully saturated rings. The zero-order chi connectivity index (χ0) is 15.2. The average molecular weight is 303 g/mol. The van der Waals surface area contributed by atoms with E-state index in [0.717, 1.165) is 21.9 Å². The van der Waals surface area contributed by atoms with Crippen molar-refractivity contribution in [3.8, 4) is 5.75 Å². The third-order valence-electron chi connectivity index (χ3n) is 2.97. The molecule has 0 atom stereocenters. The second kappa shape index (κ2) is 7.04. The molecule has 0 amide bonds. The average Bonchev–Trinajstić information content (AvgIpc) is 2.48. The summed E-state index contributed by atoms with van der Waals surface area (Å²) in [5, 5.41) is 8.91. The minimum atomic E-state index is -0.956. The topological polar surface area (TPSA) is 72.5 Å². The highest BCUT2D eigenvalue weighted by molar-refractivity contribution is 7.99. The van der Waals surface area contributed by atoms with Crippen LogP contribution in [-0.4, -0.2) is 23.4 Å². The lowest BCUT2D eigenvalue weighted by Crippen LogP contribution is -2.02. The molecule has 21 heavy (non-hydrogen) atoms. The van der Waals surface area contributed by atoms with Crippen LogP contribution in [-0.2, 0) is 0 Å². The maximum atomic E-state index is 10.9. The number of thioether (sulfide) groups is 1. The van der Waals surface area contributed by atoms with E-state index in [1.165, 1.54) is 12.1 Å². The second-order valence-corrected chi connectivity index (χ2v) is 5.65. The molecule has 0 unspecified atom stereocenters. The van der Waals surface area contributed by atoms with Crippen LogP contribution in [0.15, 0.2) is 47.4 Å². The van der Waals surface area contributed by atoms with Gasteiger partial charge in [0.2, 0.25) is 0 Å². The predicted octanol–water partition coefficient (Wildman–Crippen LogP) is 3.45. The summed E-state index contributed by atoms with van der Waals surface area (Å²) in [4.78, 5) is 11.9. The van der Waals surface area contributed by atoms with Crippen molar-refractivity contribution in [3.63, 3.8) is 0 Å². The van der Waals surface area contributed by atoms with Crippen molar-refractivity contribution in [2.45, 2.75) is 11.8 Å². The number of aromatic carboxylic acids is 1. The summed E-state index contributed by atoms with van der Waals surface area (Å²) in [5.41, 5.74) is 8.09. The highest BCUT2D eigenvalue weighted by Gasteiger charge is 2.05. The van der Waals surface area contributed by atoms with Crippen LogP contribution in [0, 0.1) is 6.92 Å². The molecule has 3 N–H and O–H groups in total. The van der Waals surface area contributed by atoms with Crippen LogP contribution in [0.4, 0.5) is 5.69 Å². The monoisotopic (exact) mass is 303 g/mol. The third-order valence-corrected chi connectivity index (χ3v) is 4.01. The van der Waals surface area contributed by atoms with E-state index in [2.05, 4.69) is 0 Å². The summed E-state index contributed by atoms with van der Waals surface area (Å²) in [7, 11) is 0. The summed E-state index contributed by atoms with van der Waals surface area (Å²) in [6.45, 7) is 2.47. The van der Waals surface area contributed by atoms with E-state index in [0.29, 0.717) is 12.4 Å². The fourth-order valence-corrected chi connectivity index (χ4v) is 2.69. The molecule has 0 radical (unpaired) electrons. The Labute approximate surface area is 127 Å². The first-order valence-corrected chi connectivity index (χ1v) is 7.50. The fraction of sp³-hybridized carbons (Fsp3) is 0.188. The molecule has 0 aromatic heterocycles. The Morgan fingerprint density at radius 1 is 1.29 bits per heavy atom. The molecule has 0 bridgehead atoms.